The summed E-state index contributed by atoms with van der Waals surface area (Å²) in [7, 11) is 1.69. The Bertz CT molecular complexity index is 632. The number of carbonyl (C=O) groups is 1. The van der Waals surface area contributed by atoms with Crippen molar-refractivity contribution in [2.24, 2.45) is 4.99 Å². The van der Waals surface area contributed by atoms with Crippen molar-refractivity contribution in [1.29, 1.82) is 0 Å². The number of likely N-dealkylation sites (N-methyl/N-ethyl adjacent to an activating group) is 1. The van der Waals surface area contributed by atoms with Crippen LogP contribution in [0.4, 0.5) is 4.79 Å². The number of carbonyl (C=O) groups excluding carboxylic acids is 1. The Hall–Kier alpha value is -1.52. The second-order valence-electron chi connectivity index (χ2n) is 8.28. The zero-order valence-corrected chi connectivity index (χ0v) is 20.7. The molecule has 9 heteroatoms. The predicted octanol–water partition coefficient (Wildman–Crippen LogP) is 3.51. The number of amides is 1. The molecule has 0 saturated heterocycles. The molecule has 28 heavy (non-hydrogen) atoms. The number of aliphatic imine (C=N–C) groups is 1. The van der Waals surface area contributed by atoms with Crippen molar-refractivity contribution in [1.82, 2.24) is 20.5 Å². The maximum atomic E-state index is 12.1. The molecule has 0 aliphatic rings. The van der Waals surface area contributed by atoms with Crippen LogP contribution in [-0.4, -0.2) is 54.2 Å². The van der Waals surface area contributed by atoms with Gasteiger partial charge in [-0.25, -0.2) is 9.78 Å². The lowest BCUT2D eigenvalue weighted by molar-refractivity contribution is 0.0264. The van der Waals surface area contributed by atoms with Crippen molar-refractivity contribution >= 4 is 36.0 Å². The molecule has 0 atom stereocenters. The van der Waals surface area contributed by atoms with Crippen LogP contribution in [0.1, 0.15) is 60.1 Å². The summed E-state index contributed by atoms with van der Waals surface area (Å²) in [5, 5.41) is 6.34. The highest BCUT2D eigenvalue weighted by Crippen LogP contribution is 2.22. The van der Waals surface area contributed by atoms with Gasteiger partial charge in [0.1, 0.15) is 11.4 Å². The van der Waals surface area contributed by atoms with E-state index >= 15 is 0 Å². The standard InChI is InChI=1S/C19H35N5O3.HI/c1-9-24(17(25)27-19(5,6)7)11-10-21-16(20-8)23-13-15-22-12-14(26-15)18(2,3)4;/h12H,9-11,13H2,1-8H3,(H2,20,21,23);1H. The molecule has 1 amide bonds. The number of ether oxygens (including phenoxy) is 1. The van der Waals surface area contributed by atoms with Gasteiger partial charge in [-0.3, -0.25) is 4.99 Å². The number of rotatable bonds is 6. The summed E-state index contributed by atoms with van der Waals surface area (Å²) in [5.74, 6) is 2.07. The summed E-state index contributed by atoms with van der Waals surface area (Å²) in [4.78, 5) is 22.2. The van der Waals surface area contributed by atoms with Gasteiger partial charge in [-0.2, -0.15) is 0 Å². The first-order valence-corrected chi connectivity index (χ1v) is 9.34. The van der Waals surface area contributed by atoms with Crippen molar-refractivity contribution in [2.75, 3.05) is 26.7 Å². The van der Waals surface area contributed by atoms with Gasteiger partial charge >= 0.3 is 6.09 Å². The van der Waals surface area contributed by atoms with Crippen molar-refractivity contribution in [3.05, 3.63) is 17.8 Å². The van der Waals surface area contributed by atoms with E-state index in [1.165, 1.54) is 0 Å². The van der Waals surface area contributed by atoms with E-state index < -0.39 is 5.60 Å². The molecule has 2 N–H and O–H groups in total. The fraction of sp³-hybridized carbons (Fsp3) is 0.737. The number of oxazole rings is 1. The minimum Gasteiger partial charge on any atom is -0.444 e. The van der Waals surface area contributed by atoms with Gasteiger partial charge < -0.3 is 24.7 Å². The fourth-order valence-electron chi connectivity index (χ4n) is 2.13. The van der Waals surface area contributed by atoms with E-state index in [9.17, 15) is 4.79 Å². The lowest BCUT2D eigenvalue weighted by atomic mass is 9.94. The van der Waals surface area contributed by atoms with E-state index in [4.69, 9.17) is 9.15 Å². The van der Waals surface area contributed by atoms with Crippen molar-refractivity contribution in [3.8, 4) is 0 Å². The molecule has 0 radical (unpaired) electrons. The first-order chi connectivity index (χ1) is 12.5. The predicted molar refractivity (Wildman–Crippen MR) is 122 cm³/mol. The van der Waals surface area contributed by atoms with Crippen LogP contribution >= 0.6 is 24.0 Å². The van der Waals surface area contributed by atoms with Gasteiger partial charge in [0.2, 0.25) is 5.89 Å². The van der Waals surface area contributed by atoms with Gasteiger partial charge in [0.15, 0.2) is 5.96 Å². The highest BCUT2D eigenvalue weighted by atomic mass is 127. The Morgan fingerprint density at radius 1 is 1.25 bits per heavy atom. The first-order valence-electron chi connectivity index (χ1n) is 9.34. The van der Waals surface area contributed by atoms with Crippen LogP contribution in [0.25, 0.3) is 0 Å². The molecule has 1 aromatic rings. The van der Waals surface area contributed by atoms with Crippen LogP contribution < -0.4 is 10.6 Å². The molecule has 0 spiro atoms. The van der Waals surface area contributed by atoms with Crippen molar-refractivity contribution in [3.63, 3.8) is 0 Å². The van der Waals surface area contributed by atoms with Gasteiger partial charge in [-0.15, -0.1) is 24.0 Å². The maximum absolute atomic E-state index is 12.1. The van der Waals surface area contributed by atoms with Crippen LogP contribution in [-0.2, 0) is 16.7 Å². The minimum atomic E-state index is -0.503. The Labute approximate surface area is 185 Å². The molecule has 0 aromatic carbocycles. The molecule has 1 heterocycles. The Balaban J connectivity index is 0.00000729. The van der Waals surface area contributed by atoms with Gasteiger partial charge in [0.25, 0.3) is 0 Å². The third-order valence-electron chi connectivity index (χ3n) is 3.63. The zero-order valence-electron chi connectivity index (χ0n) is 18.4. The van der Waals surface area contributed by atoms with Gasteiger partial charge in [0.05, 0.1) is 12.7 Å². The molecule has 0 unspecified atom stereocenters. The third kappa shape index (κ3) is 9.61. The van der Waals surface area contributed by atoms with E-state index in [2.05, 4.69) is 41.4 Å². The van der Waals surface area contributed by atoms with Gasteiger partial charge in [-0.1, -0.05) is 20.8 Å². The van der Waals surface area contributed by atoms with E-state index in [0.29, 0.717) is 38.0 Å². The SMILES string of the molecule is CCN(CCNC(=NC)NCc1ncc(C(C)(C)C)o1)C(=O)OC(C)(C)C.I. The fourth-order valence-corrected chi connectivity index (χ4v) is 2.13. The lowest BCUT2D eigenvalue weighted by Gasteiger charge is -2.26. The summed E-state index contributed by atoms with van der Waals surface area (Å²) in [5.41, 5.74) is -0.575. The maximum Gasteiger partial charge on any atom is 0.410 e. The number of halogens is 1. The number of aromatic nitrogens is 1. The van der Waals surface area contributed by atoms with E-state index in [1.807, 2.05) is 27.7 Å². The molecular weight excluding hydrogens is 473 g/mol. The second kappa shape index (κ2) is 11.5. The number of nitrogens with one attached hydrogen (secondary N) is 2. The lowest BCUT2D eigenvalue weighted by Crippen LogP contribution is -2.44. The first kappa shape index (κ1) is 26.5. The third-order valence-corrected chi connectivity index (χ3v) is 3.63. The highest BCUT2D eigenvalue weighted by Gasteiger charge is 2.21. The topological polar surface area (TPSA) is 92.0 Å². The molecule has 0 aliphatic heterocycles. The van der Waals surface area contributed by atoms with Crippen LogP contribution in [0.2, 0.25) is 0 Å². The minimum absolute atomic E-state index is 0. The molecule has 1 rings (SSSR count). The molecule has 1 aromatic heterocycles. The highest BCUT2D eigenvalue weighted by molar-refractivity contribution is 14.0. The molecule has 0 fully saturated rings. The Kier molecular flexibility index (Phi) is 10.9. The summed E-state index contributed by atoms with van der Waals surface area (Å²) >= 11 is 0. The largest absolute Gasteiger partial charge is 0.444 e. The zero-order chi connectivity index (χ0) is 20.7. The molecule has 162 valence electrons. The average molecular weight is 509 g/mol. The van der Waals surface area contributed by atoms with Crippen LogP contribution in [0.15, 0.2) is 15.6 Å². The molecule has 0 saturated carbocycles. The Morgan fingerprint density at radius 2 is 1.89 bits per heavy atom. The van der Waals surface area contributed by atoms with Crippen LogP contribution in [0, 0.1) is 0 Å². The van der Waals surface area contributed by atoms with Crippen molar-refractivity contribution < 1.29 is 13.9 Å². The normalized spacial score (nSPS) is 12.2. The van der Waals surface area contributed by atoms with E-state index in [-0.39, 0.29) is 35.5 Å². The Morgan fingerprint density at radius 3 is 2.36 bits per heavy atom. The summed E-state index contributed by atoms with van der Waals surface area (Å²) in [6.45, 7) is 15.8. The average Bonchev–Trinajstić information content (AvgIpc) is 3.01. The van der Waals surface area contributed by atoms with E-state index in [1.54, 1.807) is 18.1 Å². The number of hydrogen-bond donors (Lipinski definition) is 2. The smallest absolute Gasteiger partial charge is 0.410 e. The number of nitrogens with zero attached hydrogens (tertiary/aromatic N) is 3. The summed E-state index contributed by atoms with van der Waals surface area (Å²) < 4.78 is 11.2. The second-order valence-corrected chi connectivity index (χ2v) is 8.28. The van der Waals surface area contributed by atoms with E-state index in [0.717, 1.165) is 5.76 Å². The molecule has 0 aliphatic carbocycles. The monoisotopic (exact) mass is 509 g/mol. The van der Waals surface area contributed by atoms with Crippen molar-refractivity contribution in [2.45, 2.75) is 66.0 Å². The number of guanidine groups is 1. The molecular formula is C19H36IN5O3. The quantitative estimate of drug-likeness (QED) is 0.347. The van der Waals surface area contributed by atoms with Crippen LogP contribution in [0.3, 0.4) is 0 Å². The summed E-state index contributed by atoms with van der Waals surface area (Å²) in [6.07, 6.45) is 1.44. The molecule has 8 nitrogen and oxygen atoms in total. The number of hydrogen-bond acceptors (Lipinski definition) is 5. The van der Waals surface area contributed by atoms with Crippen LogP contribution in [0.5, 0.6) is 0 Å². The van der Waals surface area contributed by atoms with Gasteiger partial charge in [-0.05, 0) is 27.7 Å². The van der Waals surface area contributed by atoms with Gasteiger partial charge in [0, 0.05) is 32.1 Å². The summed E-state index contributed by atoms with van der Waals surface area (Å²) in [6, 6.07) is 0. The molecule has 0 bridgehead atoms.